The van der Waals surface area contributed by atoms with Crippen LogP contribution in [0.1, 0.15) is 31.7 Å². The van der Waals surface area contributed by atoms with Crippen LogP contribution in [-0.2, 0) is 4.79 Å². The van der Waals surface area contributed by atoms with Gasteiger partial charge < -0.3 is 10.1 Å². The molecule has 0 radical (unpaired) electrons. The first-order valence-corrected chi connectivity index (χ1v) is 8.86. The molecule has 7 nitrogen and oxygen atoms in total. The Hall–Kier alpha value is -2.23. The molecule has 0 saturated heterocycles. The van der Waals surface area contributed by atoms with Crippen LogP contribution in [0.15, 0.2) is 29.4 Å². The molecule has 1 aliphatic rings. The molecular weight excluding hydrogens is 352 g/mol. The van der Waals surface area contributed by atoms with Crippen molar-refractivity contribution in [2.45, 2.75) is 43.5 Å². The van der Waals surface area contributed by atoms with Crippen LogP contribution in [0.25, 0.3) is 0 Å². The first kappa shape index (κ1) is 17.6. The number of amides is 1. The third-order valence-corrected chi connectivity index (χ3v) is 4.76. The van der Waals surface area contributed by atoms with E-state index >= 15 is 0 Å². The summed E-state index contributed by atoms with van der Waals surface area (Å²) in [6.07, 6.45) is 4.44. The monoisotopic (exact) mass is 369 g/mol. The highest BCUT2D eigenvalue weighted by Gasteiger charge is 2.22. The molecule has 2 aromatic rings. The van der Waals surface area contributed by atoms with Crippen LogP contribution < -0.4 is 10.1 Å². The zero-order chi connectivity index (χ0) is 17.6. The van der Waals surface area contributed by atoms with Gasteiger partial charge >= 0.3 is 6.61 Å². The lowest BCUT2D eigenvalue weighted by Gasteiger charge is -2.11. The normalized spacial score (nSPS) is 14.8. The van der Waals surface area contributed by atoms with Crippen LogP contribution >= 0.6 is 11.8 Å². The molecule has 0 bridgehead atoms. The summed E-state index contributed by atoms with van der Waals surface area (Å²) in [6, 6.07) is 6.06. The van der Waals surface area contributed by atoms with Crippen LogP contribution in [-0.4, -0.2) is 38.5 Å². The van der Waals surface area contributed by atoms with Gasteiger partial charge in [-0.1, -0.05) is 24.6 Å². The SMILES string of the molecule is O=C(CSc1nnnn1C1CCCC1)Nc1ccc(OC(F)F)cc1. The molecule has 0 spiro atoms. The summed E-state index contributed by atoms with van der Waals surface area (Å²) < 4.78 is 30.2. The molecule has 0 aliphatic heterocycles. The Morgan fingerprint density at radius 3 is 2.72 bits per heavy atom. The van der Waals surface area contributed by atoms with E-state index in [9.17, 15) is 13.6 Å². The van der Waals surface area contributed by atoms with Crippen molar-refractivity contribution in [3.8, 4) is 5.75 Å². The fourth-order valence-corrected chi connectivity index (χ4v) is 3.45. The fraction of sp³-hybridized carbons (Fsp3) is 0.467. The maximum atomic E-state index is 12.1. The highest BCUT2D eigenvalue weighted by atomic mass is 32.2. The Morgan fingerprint density at radius 1 is 1.32 bits per heavy atom. The number of hydrogen-bond acceptors (Lipinski definition) is 6. The Balaban J connectivity index is 1.51. The summed E-state index contributed by atoms with van der Waals surface area (Å²) in [5, 5.41) is 15.0. The molecule has 0 unspecified atom stereocenters. The van der Waals surface area contributed by atoms with Crippen molar-refractivity contribution in [3.63, 3.8) is 0 Å². The van der Waals surface area contributed by atoms with E-state index in [2.05, 4.69) is 25.6 Å². The summed E-state index contributed by atoms with van der Waals surface area (Å²) in [6.45, 7) is -2.87. The van der Waals surface area contributed by atoms with Gasteiger partial charge in [-0.3, -0.25) is 4.79 Å². The lowest BCUT2D eigenvalue weighted by molar-refractivity contribution is -0.113. The van der Waals surface area contributed by atoms with Crippen molar-refractivity contribution < 1.29 is 18.3 Å². The van der Waals surface area contributed by atoms with Crippen LogP contribution in [0.4, 0.5) is 14.5 Å². The van der Waals surface area contributed by atoms with Crippen LogP contribution in [0.3, 0.4) is 0 Å². The van der Waals surface area contributed by atoms with Gasteiger partial charge in [0.25, 0.3) is 0 Å². The number of nitrogens with zero attached hydrogens (tertiary/aromatic N) is 4. The Morgan fingerprint density at radius 2 is 2.04 bits per heavy atom. The highest BCUT2D eigenvalue weighted by molar-refractivity contribution is 7.99. The van der Waals surface area contributed by atoms with E-state index in [1.807, 2.05) is 0 Å². The molecule has 1 saturated carbocycles. The van der Waals surface area contributed by atoms with Crippen molar-refractivity contribution in [2.24, 2.45) is 0 Å². The number of ether oxygens (including phenoxy) is 1. The smallest absolute Gasteiger partial charge is 0.387 e. The maximum absolute atomic E-state index is 12.1. The molecule has 25 heavy (non-hydrogen) atoms. The second-order valence-electron chi connectivity index (χ2n) is 5.58. The van der Waals surface area contributed by atoms with Gasteiger partial charge in [0.2, 0.25) is 11.1 Å². The molecule has 0 atom stereocenters. The van der Waals surface area contributed by atoms with Gasteiger partial charge in [0.1, 0.15) is 5.75 Å². The molecule has 1 heterocycles. The highest BCUT2D eigenvalue weighted by Crippen LogP contribution is 2.31. The number of alkyl halides is 2. The van der Waals surface area contributed by atoms with Crippen LogP contribution in [0.2, 0.25) is 0 Å². The number of carbonyl (C=O) groups is 1. The average Bonchev–Trinajstić information content (AvgIpc) is 3.25. The summed E-state index contributed by atoms with van der Waals surface area (Å²) in [5.74, 6) is -0.0332. The first-order chi connectivity index (χ1) is 12.1. The van der Waals surface area contributed by atoms with E-state index in [-0.39, 0.29) is 17.4 Å². The number of thioether (sulfide) groups is 1. The quantitative estimate of drug-likeness (QED) is 0.755. The molecular formula is C15H17F2N5O2S. The molecule has 1 amide bonds. The second kappa shape index (κ2) is 8.24. The largest absolute Gasteiger partial charge is 0.435 e. The summed E-state index contributed by atoms with van der Waals surface area (Å²) in [7, 11) is 0. The van der Waals surface area contributed by atoms with Gasteiger partial charge in [-0.2, -0.15) is 8.78 Å². The van der Waals surface area contributed by atoms with Crippen molar-refractivity contribution in [1.82, 2.24) is 20.2 Å². The van der Waals surface area contributed by atoms with E-state index in [1.54, 1.807) is 4.68 Å². The predicted octanol–water partition coefficient (Wildman–Crippen LogP) is 3.12. The van der Waals surface area contributed by atoms with E-state index in [4.69, 9.17) is 0 Å². The van der Waals surface area contributed by atoms with E-state index in [1.165, 1.54) is 48.9 Å². The van der Waals surface area contributed by atoms with Crippen molar-refractivity contribution in [2.75, 3.05) is 11.1 Å². The minimum atomic E-state index is -2.87. The lowest BCUT2D eigenvalue weighted by atomic mass is 10.3. The minimum Gasteiger partial charge on any atom is -0.435 e. The average molecular weight is 369 g/mol. The van der Waals surface area contributed by atoms with Gasteiger partial charge in [0, 0.05) is 5.69 Å². The molecule has 1 aliphatic carbocycles. The van der Waals surface area contributed by atoms with Gasteiger partial charge in [0.15, 0.2) is 0 Å². The van der Waals surface area contributed by atoms with Crippen molar-refractivity contribution in [1.29, 1.82) is 0 Å². The molecule has 1 aromatic heterocycles. The number of benzene rings is 1. The third-order valence-electron chi connectivity index (χ3n) is 3.83. The summed E-state index contributed by atoms with van der Waals surface area (Å²) >= 11 is 1.27. The number of rotatable bonds is 7. The Labute approximate surface area is 147 Å². The first-order valence-electron chi connectivity index (χ1n) is 7.87. The summed E-state index contributed by atoms with van der Waals surface area (Å²) in [5.41, 5.74) is 0.502. The zero-order valence-electron chi connectivity index (χ0n) is 13.3. The number of nitrogens with one attached hydrogen (secondary N) is 1. The fourth-order valence-electron chi connectivity index (χ4n) is 2.71. The van der Waals surface area contributed by atoms with Crippen molar-refractivity contribution in [3.05, 3.63) is 24.3 Å². The molecule has 1 N–H and O–H groups in total. The number of carbonyl (C=O) groups excluding carboxylic acids is 1. The van der Waals surface area contributed by atoms with Crippen LogP contribution in [0.5, 0.6) is 5.75 Å². The van der Waals surface area contributed by atoms with E-state index in [0.717, 1.165) is 12.8 Å². The molecule has 1 aromatic carbocycles. The lowest BCUT2D eigenvalue weighted by Crippen LogP contribution is -2.15. The van der Waals surface area contributed by atoms with E-state index in [0.29, 0.717) is 16.9 Å². The molecule has 134 valence electrons. The van der Waals surface area contributed by atoms with E-state index < -0.39 is 6.61 Å². The Kier molecular flexibility index (Phi) is 5.79. The van der Waals surface area contributed by atoms with Gasteiger partial charge in [0.05, 0.1) is 11.8 Å². The Bertz CT molecular complexity index is 704. The predicted molar refractivity (Wildman–Crippen MR) is 87.7 cm³/mol. The number of anilines is 1. The zero-order valence-corrected chi connectivity index (χ0v) is 14.1. The number of aromatic nitrogens is 4. The number of hydrogen-bond donors (Lipinski definition) is 1. The number of tetrazole rings is 1. The maximum Gasteiger partial charge on any atom is 0.387 e. The second-order valence-corrected chi connectivity index (χ2v) is 6.53. The van der Waals surface area contributed by atoms with Gasteiger partial charge in [-0.05, 0) is 47.5 Å². The molecule has 3 rings (SSSR count). The van der Waals surface area contributed by atoms with Gasteiger partial charge in [-0.25, -0.2) is 4.68 Å². The molecule has 1 fully saturated rings. The van der Waals surface area contributed by atoms with Crippen LogP contribution in [0, 0.1) is 0 Å². The summed E-state index contributed by atoms with van der Waals surface area (Å²) in [4.78, 5) is 12.0. The van der Waals surface area contributed by atoms with Gasteiger partial charge in [-0.15, -0.1) is 5.10 Å². The topological polar surface area (TPSA) is 81.9 Å². The minimum absolute atomic E-state index is 0.0399. The van der Waals surface area contributed by atoms with Crippen molar-refractivity contribution >= 4 is 23.4 Å². The molecule has 10 heteroatoms. The number of halogens is 2. The standard InChI is InChI=1S/C15H17F2N5O2S/c16-14(17)24-12-7-5-10(6-8-12)18-13(23)9-25-15-19-20-21-22(15)11-3-1-2-4-11/h5-8,11,14H,1-4,9H2,(H,18,23). The third kappa shape index (κ3) is 4.88.